The normalized spacial score (nSPS) is 18.9. The van der Waals surface area contributed by atoms with E-state index in [-0.39, 0.29) is 18.1 Å². The van der Waals surface area contributed by atoms with Gasteiger partial charge in [-0.15, -0.1) is 0 Å². The molecule has 28 heavy (non-hydrogen) atoms. The maximum atomic E-state index is 12.8. The molecular weight excluding hydrogens is 362 g/mol. The van der Waals surface area contributed by atoms with Crippen molar-refractivity contribution >= 4 is 17.6 Å². The Morgan fingerprint density at radius 3 is 2.46 bits per heavy atom. The number of hydrogen-bond donors (Lipinski definition) is 1. The molecule has 8 heteroatoms. The fourth-order valence-electron chi connectivity index (χ4n) is 3.14. The number of non-ortho nitro benzene ring substituents is 1. The highest BCUT2D eigenvalue weighted by atomic mass is 16.6. The Morgan fingerprint density at radius 1 is 1.14 bits per heavy atom. The minimum Gasteiger partial charge on any atom is -0.493 e. The van der Waals surface area contributed by atoms with E-state index < -0.39 is 16.5 Å². The number of nitro groups is 1. The maximum absolute atomic E-state index is 12.8. The molecule has 1 aliphatic heterocycles. The third-order valence-electron chi connectivity index (χ3n) is 4.81. The summed E-state index contributed by atoms with van der Waals surface area (Å²) in [5, 5.41) is 13.5. The smallest absolute Gasteiger partial charge is 0.325 e. The van der Waals surface area contributed by atoms with Crippen molar-refractivity contribution in [2.45, 2.75) is 25.8 Å². The lowest BCUT2D eigenvalue weighted by Crippen LogP contribution is -2.41. The van der Waals surface area contributed by atoms with Crippen molar-refractivity contribution in [3.63, 3.8) is 0 Å². The van der Waals surface area contributed by atoms with E-state index in [1.807, 2.05) is 31.2 Å². The molecule has 1 saturated heterocycles. The molecule has 0 bridgehead atoms. The molecule has 2 aromatic carbocycles. The van der Waals surface area contributed by atoms with Crippen molar-refractivity contribution in [2.75, 3.05) is 13.2 Å². The van der Waals surface area contributed by atoms with Crippen molar-refractivity contribution < 1.29 is 19.2 Å². The number of para-hydroxylation sites is 1. The minimum atomic E-state index is -1.25. The number of ether oxygens (including phenoxy) is 1. The number of aryl methyl sites for hydroxylation is 1. The number of imide groups is 1. The Balaban J connectivity index is 1.62. The average molecular weight is 383 g/mol. The molecule has 1 fully saturated rings. The quantitative estimate of drug-likeness (QED) is 0.342. The van der Waals surface area contributed by atoms with E-state index in [1.165, 1.54) is 24.3 Å². The number of carbonyl (C=O) groups excluding carboxylic acids is 2. The third-order valence-corrected chi connectivity index (χ3v) is 4.81. The number of benzene rings is 2. The number of nitrogens with one attached hydrogen (secondary N) is 1. The number of nitro benzene ring substituents is 1. The molecule has 3 rings (SSSR count). The van der Waals surface area contributed by atoms with Crippen LogP contribution in [0.2, 0.25) is 0 Å². The van der Waals surface area contributed by atoms with Gasteiger partial charge in [0.15, 0.2) is 0 Å². The summed E-state index contributed by atoms with van der Waals surface area (Å²) < 4.78 is 5.71. The molecule has 146 valence electrons. The molecule has 2 aromatic rings. The molecule has 1 N–H and O–H groups in total. The van der Waals surface area contributed by atoms with Crippen LogP contribution in [-0.4, -0.2) is 34.9 Å². The topological polar surface area (TPSA) is 102 Å². The standard InChI is InChI=1S/C20H21N3O5/c1-14-6-3-4-7-17(14)28-13-5-12-22-18(24)20(2,21-19(22)25)15-8-10-16(11-9-15)23(26)27/h3-4,6-11H,5,12-13H2,1-2H3,(H,21,25). The van der Waals surface area contributed by atoms with Gasteiger partial charge in [0.05, 0.1) is 11.5 Å². The van der Waals surface area contributed by atoms with Gasteiger partial charge < -0.3 is 10.1 Å². The van der Waals surface area contributed by atoms with E-state index in [4.69, 9.17) is 4.74 Å². The van der Waals surface area contributed by atoms with E-state index in [0.29, 0.717) is 18.6 Å². The van der Waals surface area contributed by atoms with E-state index in [2.05, 4.69) is 5.32 Å². The summed E-state index contributed by atoms with van der Waals surface area (Å²) in [5.74, 6) is 0.387. The summed E-state index contributed by atoms with van der Waals surface area (Å²) in [6.45, 7) is 4.13. The Hall–Kier alpha value is -3.42. The van der Waals surface area contributed by atoms with Gasteiger partial charge in [-0.2, -0.15) is 0 Å². The van der Waals surface area contributed by atoms with E-state index >= 15 is 0 Å². The van der Waals surface area contributed by atoms with Gasteiger partial charge in [-0.1, -0.05) is 18.2 Å². The zero-order chi connectivity index (χ0) is 20.3. The molecule has 8 nitrogen and oxygen atoms in total. The highest BCUT2D eigenvalue weighted by molar-refractivity contribution is 6.07. The number of amides is 3. The molecule has 3 amide bonds. The van der Waals surface area contributed by atoms with Gasteiger partial charge in [-0.3, -0.25) is 19.8 Å². The van der Waals surface area contributed by atoms with Crippen LogP contribution in [0.5, 0.6) is 5.75 Å². The number of hydrogen-bond acceptors (Lipinski definition) is 5. The van der Waals surface area contributed by atoms with Crippen LogP contribution in [0.1, 0.15) is 24.5 Å². The second-order valence-corrected chi connectivity index (χ2v) is 6.78. The molecule has 0 radical (unpaired) electrons. The van der Waals surface area contributed by atoms with Crippen molar-refractivity contribution in [3.05, 3.63) is 69.8 Å². The number of urea groups is 1. The van der Waals surface area contributed by atoms with Gasteiger partial charge >= 0.3 is 6.03 Å². The van der Waals surface area contributed by atoms with Crippen LogP contribution in [0, 0.1) is 17.0 Å². The highest BCUT2D eigenvalue weighted by Gasteiger charge is 2.48. The van der Waals surface area contributed by atoms with Crippen molar-refractivity contribution in [2.24, 2.45) is 0 Å². The van der Waals surface area contributed by atoms with E-state index in [1.54, 1.807) is 6.92 Å². The number of nitrogens with zero attached hydrogens (tertiary/aromatic N) is 2. The largest absolute Gasteiger partial charge is 0.493 e. The summed E-state index contributed by atoms with van der Waals surface area (Å²) in [5.41, 5.74) is 0.191. The average Bonchev–Trinajstić information content (AvgIpc) is 2.90. The van der Waals surface area contributed by atoms with E-state index in [9.17, 15) is 19.7 Å². The zero-order valence-electron chi connectivity index (χ0n) is 15.7. The molecule has 0 saturated carbocycles. The lowest BCUT2D eigenvalue weighted by atomic mass is 9.92. The van der Waals surface area contributed by atoms with Gasteiger partial charge in [0.1, 0.15) is 11.3 Å². The van der Waals surface area contributed by atoms with Gasteiger partial charge in [0.25, 0.3) is 11.6 Å². The first-order chi connectivity index (χ1) is 13.3. The van der Waals surface area contributed by atoms with Crippen LogP contribution < -0.4 is 10.1 Å². The van der Waals surface area contributed by atoms with Gasteiger partial charge in [0.2, 0.25) is 0 Å². The van der Waals surface area contributed by atoms with Gasteiger partial charge in [0, 0.05) is 18.7 Å². The van der Waals surface area contributed by atoms with Crippen LogP contribution in [0.25, 0.3) is 0 Å². The molecule has 1 unspecified atom stereocenters. The first kappa shape index (κ1) is 19.3. The highest BCUT2D eigenvalue weighted by Crippen LogP contribution is 2.30. The molecule has 1 atom stereocenters. The Labute approximate surface area is 162 Å². The predicted molar refractivity (Wildman–Crippen MR) is 102 cm³/mol. The number of rotatable bonds is 7. The summed E-state index contributed by atoms with van der Waals surface area (Å²) in [7, 11) is 0. The molecule has 0 spiro atoms. The zero-order valence-corrected chi connectivity index (χ0v) is 15.7. The van der Waals surface area contributed by atoms with Crippen LogP contribution in [-0.2, 0) is 10.3 Å². The Bertz CT molecular complexity index is 912. The van der Waals surface area contributed by atoms with Crippen LogP contribution in [0.15, 0.2) is 48.5 Å². The maximum Gasteiger partial charge on any atom is 0.325 e. The number of carbonyl (C=O) groups is 2. The lowest BCUT2D eigenvalue weighted by molar-refractivity contribution is -0.384. The minimum absolute atomic E-state index is 0.0747. The van der Waals surface area contributed by atoms with Crippen molar-refractivity contribution in [3.8, 4) is 5.75 Å². The molecular formula is C20H21N3O5. The summed E-state index contributed by atoms with van der Waals surface area (Å²) >= 11 is 0. The van der Waals surface area contributed by atoms with Crippen LogP contribution in [0.3, 0.4) is 0 Å². The fraction of sp³-hybridized carbons (Fsp3) is 0.300. The lowest BCUT2D eigenvalue weighted by Gasteiger charge is -2.22. The molecule has 0 aliphatic carbocycles. The van der Waals surface area contributed by atoms with Crippen LogP contribution in [0.4, 0.5) is 10.5 Å². The molecule has 0 aromatic heterocycles. The Kier molecular flexibility index (Phi) is 5.30. The Morgan fingerprint density at radius 2 is 1.82 bits per heavy atom. The van der Waals surface area contributed by atoms with Gasteiger partial charge in [-0.05, 0) is 49.6 Å². The molecule has 1 aliphatic rings. The monoisotopic (exact) mass is 383 g/mol. The third kappa shape index (κ3) is 3.66. The van der Waals surface area contributed by atoms with E-state index in [0.717, 1.165) is 16.2 Å². The second kappa shape index (κ2) is 7.67. The summed E-state index contributed by atoms with van der Waals surface area (Å²) in [4.78, 5) is 36.6. The first-order valence-corrected chi connectivity index (χ1v) is 8.90. The van der Waals surface area contributed by atoms with Crippen LogP contribution >= 0.6 is 0 Å². The first-order valence-electron chi connectivity index (χ1n) is 8.90. The van der Waals surface area contributed by atoms with Crippen molar-refractivity contribution in [1.82, 2.24) is 10.2 Å². The van der Waals surface area contributed by atoms with Gasteiger partial charge in [-0.25, -0.2) is 4.79 Å². The fourth-order valence-corrected chi connectivity index (χ4v) is 3.14. The second-order valence-electron chi connectivity index (χ2n) is 6.78. The SMILES string of the molecule is Cc1ccccc1OCCCN1C(=O)NC(C)(c2ccc([N+](=O)[O-])cc2)C1=O. The predicted octanol–water partition coefficient (Wildman–Crippen LogP) is 3.14. The van der Waals surface area contributed by atoms with Crippen molar-refractivity contribution in [1.29, 1.82) is 0 Å². The summed E-state index contributed by atoms with van der Waals surface area (Å²) in [6, 6.07) is 12.8. The molecule has 1 heterocycles. The summed E-state index contributed by atoms with van der Waals surface area (Å²) in [6.07, 6.45) is 0.490.